The summed E-state index contributed by atoms with van der Waals surface area (Å²) in [5.74, 6) is -1.57. The minimum absolute atomic E-state index is 0.0115. The topological polar surface area (TPSA) is 186 Å². The van der Waals surface area contributed by atoms with E-state index in [2.05, 4.69) is 52.6 Å². The van der Waals surface area contributed by atoms with E-state index in [1.807, 2.05) is 105 Å². The number of carbonyl (C=O) groups is 7. The fraction of sp³-hybridized carbons (Fsp3) is 0.705. The van der Waals surface area contributed by atoms with Crippen LogP contribution in [-0.4, -0.2) is 116 Å². The van der Waals surface area contributed by atoms with Gasteiger partial charge in [-0.2, -0.15) is 0 Å². The summed E-state index contributed by atoms with van der Waals surface area (Å²) in [6.45, 7) is 24.3. The Morgan fingerprint density at radius 3 is 1.83 bits per heavy atom. The lowest BCUT2D eigenvalue weighted by Crippen LogP contribution is -2.53. The summed E-state index contributed by atoms with van der Waals surface area (Å²) in [7, 11) is 6.89. The number of nitrogens with one attached hydrogen (secondary N) is 5. The summed E-state index contributed by atoms with van der Waals surface area (Å²) in [4.78, 5) is 85.3. The van der Waals surface area contributed by atoms with Gasteiger partial charge in [-0.1, -0.05) is 112 Å². The standard InChI is InChI=1S/C16H28N4O4.C12H17NO.C11H22N2O2.C3H8.C2H6/c1-10(2)8-11(14(22)16(24)18-9-13(21)17-3)19-15(23)12-6-5-7-20(12)4;1-10(12(14)13(2)3)11-8-6-4-5-7-9-11;1-6-11(4,5)13-10(15)12-9(7-14)8(2)3;1-3-2;1-2/h10-12H,5-9H2,1-4H3,(H,17,21)(H,18,24)(H,19,23);4-11H,1-3H3;7-9H,6H2,1-5H3,(H2,12,13,15);3H2,1-2H3;1-2H3. The molecule has 1 aliphatic carbocycles. The molecule has 6 amide bonds. The molecule has 1 heterocycles. The third-order valence-corrected chi connectivity index (χ3v) is 8.98. The van der Waals surface area contributed by atoms with Crippen LogP contribution in [0.25, 0.3) is 0 Å². The molecular weight excluding hydrogens is 739 g/mol. The van der Waals surface area contributed by atoms with Crippen molar-refractivity contribution in [3.63, 3.8) is 0 Å². The van der Waals surface area contributed by atoms with Crippen molar-refractivity contribution in [2.45, 2.75) is 139 Å². The zero-order chi connectivity index (χ0) is 45.6. The molecule has 1 fully saturated rings. The van der Waals surface area contributed by atoms with E-state index in [4.69, 9.17) is 0 Å². The highest BCUT2D eigenvalue weighted by Gasteiger charge is 2.33. The normalized spacial score (nSPS) is 16.1. The molecule has 4 unspecified atom stereocenters. The summed E-state index contributed by atoms with van der Waals surface area (Å²) in [6.07, 6.45) is 17.0. The maximum atomic E-state index is 12.4. The van der Waals surface area contributed by atoms with E-state index >= 15 is 0 Å². The van der Waals surface area contributed by atoms with Crippen molar-refractivity contribution in [2.75, 3.05) is 41.3 Å². The molecule has 0 saturated carbocycles. The maximum absolute atomic E-state index is 12.4. The van der Waals surface area contributed by atoms with E-state index in [1.165, 1.54) is 13.5 Å². The molecule has 2 aliphatic rings. The van der Waals surface area contributed by atoms with Gasteiger partial charge in [0.25, 0.3) is 5.91 Å². The number of nitrogens with zero attached hydrogens (tertiary/aromatic N) is 2. The van der Waals surface area contributed by atoms with Crippen LogP contribution in [0.4, 0.5) is 4.79 Å². The first kappa shape index (κ1) is 58.0. The number of allylic oxidation sites excluding steroid dienone is 6. The first-order valence-corrected chi connectivity index (χ1v) is 20.9. The Balaban J connectivity index is -0.000000772. The highest BCUT2D eigenvalue weighted by atomic mass is 16.2. The van der Waals surface area contributed by atoms with Crippen LogP contribution in [0.5, 0.6) is 0 Å². The number of amides is 6. The first-order valence-electron chi connectivity index (χ1n) is 20.9. The van der Waals surface area contributed by atoms with Gasteiger partial charge in [0.1, 0.15) is 6.29 Å². The zero-order valence-corrected chi connectivity index (χ0v) is 38.8. The van der Waals surface area contributed by atoms with Gasteiger partial charge in [0.05, 0.1) is 24.7 Å². The molecular formula is C44H81N7O7. The van der Waals surface area contributed by atoms with Gasteiger partial charge in [0, 0.05) is 38.5 Å². The monoisotopic (exact) mass is 820 g/mol. The lowest BCUT2D eigenvalue weighted by molar-refractivity contribution is -0.141. The predicted molar refractivity (Wildman–Crippen MR) is 236 cm³/mol. The van der Waals surface area contributed by atoms with Crippen molar-refractivity contribution in [3.8, 4) is 0 Å². The minimum atomic E-state index is -0.879. The van der Waals surface area contributed by atoms with E-state index in [0.717, 1.165) is 32.1 Å². The molecule has 2 rings (SSSR count). The zero-order valence-electron chi connectivity index (χ0n) is 38.8. The Morgan fingerprint density at radius 1 is 0.897 bits per heavy atom. The number of likely N-dealkylation sites (tertiary alicyclic amines) is 1. The molecule has 0 spiro atoms. The summed E-state index contributed by atoms with van der Waals surface area (Å²) in [5.41, 5.74) is -0.242. The first-order chi connectivity index (χ1) is 27.1. The Hall–Kier alpha value is -4.33. The Bertz CT molecular complexity index is 1310. The third-order valence-electron chi connectivity index (χ3n) is 8.98. The molecule has 0 aromatic carbocycles. The quantitative estimate of drug-likeness (QED) is 0.110. The second kappa shape index (κ2) is 32.6. The highest BCUT2D eigenvalue weighted by Crippen LogP contribution is 2.19. The van der Waals surface area contributed by atoms with E-state index in [-0.39, 0.29) is 59.6 Å². The number of hydrogen-bond acceptors (Lipinski definition) is 8. The number of likely N-dealkylation sites (N-methyl/N-ethyl adjacent to an activating group) is 2. The van der Waals surface area contributed by atoms with Crippen molar-refractivity contribution in [1.29, 1.82) is 0 Å². The molecule has 14 nitrogen and oxygen atoms in total. The Morgan fingerprint density at radius 2 is 1.43 bits per heavy atom. The van der Waals surface area contributed by atoms with Crippen LogP contribution in [0, 0.1) is 23.7 Å². The van der Waals surface area contributed by atoms with Crippen molar-refractivity contribution in [2.24, 2.45) is 23.7 Å². The Kier molecular flexibility index (Phi) is 32.6. The van der Waals surface area contributed by atoms with Crippen molar-refractivity contribution >= 4 is 41.7 Å². The molecule has 58 heavy (non-hydrogen) atoms. The number of Topliss-reactive ketones (excluding diaryl/α,β-unsaturated/α-hetero) is 1. The fourth-order valence-corrected chi connectivity index (χ4v) is 5.13. The molecule has 0 bridgehead atoms. The lowest BCUT2D eigenvalue weighted by Gasteiger charge is -2.26. The van der Waals surface area contributed by atoms with Crippen LogP contribution in [0.1, 0.15) is 115 Å². The summed E-state index contributed by atoms with van der Waals surface area (Å²) >= 11 is 0. The number of urea groups is 1. The third kappa shape index (κ3) is 25.8. The molecule has 5 N–H and O–H groups in total. The number of ketones is 1. The van der Waals surface area contributed by atoms with Gasteiger partial charge in [-0.25, -0.2) is 4.79 Å². The maximum Gasteiger partial charge on any atom is 0.315 e. The molecule has 0 aromatic heterocycles. The second-order valence-electron chi connectivity index (χ2n) is 15.8. The van der Waals surface area contributed by atoms with Gasteiger partial charge in [-0.05, 0) is 65.0 Å². The second-order valence-corrected chi connectivity index (χ2v) is 15.8. The van der Waals surface area contributed by atoms with Crippen LogP contribution in [-0.2, 0) is 28.8 Å². The number of rotatable bonds is 15. The summed E-state index contributed by atoms with van der Waals surface area (Å²) in [5, 5.41) is 12.8. The average Bonchev–Trinajstić information content (AvgIpc) is 3.42. The summed E-state index contributed by atoms with van der Waals surface area (Å²) in [6, 6.07) is -1.84. The summed E-state index contributed by atoms with van der Waals surface area (Å²) < 4.78 is 0. The van der Waals surface area contributed by atoms with E-state index in [0.29, 0.717) is 6.42 Å². The smallest absolute Gasteiger partial charge is 0.315 e. The predicted octanol–water partition coefficient (Wildman–Crippen LogP) is 5.19. The van der Waals surface area contributed by atoms with Crippen LogP contribution < -0.4 is 26.6 Å². The van der Waals surface area contributed by atoms with Crippen LogP contribution in [0.2, 0.25) is 0 Å². The van der Waals surface area contributed by atoms with Gasteiger partial charge in [-0.3, -0.25) is 28.9 Å². The molecule has 14 heteroatoms. The number of carbonyl (C=O) groups excluding carboxylic acids is 7. The molecule has 0 aromatic rings. The van der Waals surface area contributed by atoms with Crippen LogP contribution in [0.3, 0.4) is 0 Å². The highest BCUT2D eigenvalue weighted by molar-refractivity contribution is 6.38. The molecule has 1 aliphatic heterocycles. The number of hydrogen-bond donors (Lipinski definition) is 5. The van der Waals surface area contributed by atoms with E-state index in [1.54, 1.807) is 19.0 Å². The van der Waals surface area contributed by atoms with Gasteiger partial charge < -0.3 is 36.3 Å². The van der Waals surface area contributed by atoms with Crippen LogP contribution >= 0.6 is 0 Å². The van der Waals surface area contributed by atoms with Gasteiger partial charge in [0.2, 0.25) is 23.5 Å². The van der Waals surface area contributed by atoms with Crippen molar-refractivity contribution < 1.29 is 33.6 Å². The van der Waals surface area contributed by atoms with Crippen molar-refractivity contribution in [3.05, 3.63) is 36.5 Å². The molecule has 0 radical (unpaired) electrons. The largest absolute Gasteiger partial charge is 0.358 e. The van der Waals surface area contributed by atoms with E-state index < -0.39 is 29.7 Å². The van der Waals surface area contributed by atoms with Crippen LogP contribution in [0.15, 0.2) is 36.5 Å². The minimum Gasteiger partial charge on any atom is -0.358 e. The SMILES string of the molecule is CC.CC(C(=O)N(C)C)C1C=CC=CC=C1.CCC.CCC(C)(C)NC(=O)NC(C=O)C(C)C.CNC(=O)CNC(=O)C(=O)C(CC(C)C)NC(=O)C1CCCN1C. The molecule has 4 atom stereocenters. The average molecular weight is 820 g/mol. The van der Waals surface area contributed by atoms with E-state index in [9.17, 15) is 33.6 Å². The molecule has 1 saturated heterocycles. The van der Waals surface area contributed by atoms with Gasteiger partial charge >= 0.3 is 6.03 Å². The molecule has 334 valence electrons. The lowest BCUT2D eigenvalue weighted by atomic mass is 9.92. The Labute approximate surface area is 351 Å². The van der Waals surface area contributed by atoms with Gasteiger partial charge in [0.15, 0.2) is 0 Å². The van der Waals surface area contributed by atoms with Gasteiger partial charge in [-0.15, -0.1) is 0 Å². The fourth-order valence-electron chi connectivity index (χ4n) is 5.13. The van der Waals surface area contributed by atoms with Crippen molar-refractivity contribution in [1.82, 2.24) is 36.4 Å². The number of aldehydes is 1.